The van der Waals surface area contributed by atoms with Gasteiger partial charge in [0.25, 0.3) is 0 Å². The second-order valence-electron chi connectivity index (χ2n) is 1.79. The van der Waals surface area contributed by atoms with Crippen LogP contribution in [0.5, 0.6) is 0 Å². The van der Waals surface area contributed by atoms with Crippen molar-refractivity contribution in [2.75, 3.05) is 0 Å². The number of rotatable bonds is 0. The van der Waals surface area contributed by atoms with E-state index >= 15 is 0 Å². The highest BCUT2D eigenvalue weighted by atomic mass is 16.5. The Hall–Kier alpha value is -0.570. The molecule has 1 N–H and O–H groups in total. The van der Waals surface area contributed by atoms with E-state index < -0.39 is 0 Å². The van der Waals surface area contributed by atoms with E-state index in [1.807, 2.05) is 0 Å². The average Bonchev–Trinajstić information content (AvgIpc) is 1.68. The summed E-state index contributed by atoms with van der Waals surface area (Å²) in [5.41, 5.74) is 0. The smallest absolute Gasteiger partial charge is 0.248 e. The zero-order valence-electron chi connectivity index (χ0n) is 4.09. The molecule has 1 rings (SSSR count). The van der Waals surface area contributed by atoms with Gasteiger partial charge in [-0.1, -0.05) is 0 Å². The number of hydroxylamine groups is 2. The van der Waals surface area contributed by atoms with E-state index in [-0.39, 0.29) is 11.9 Å². The third-order valence-corrected chi connectivity index (χ3v) is 1.14. The Morgan fingerprint density at radius 3 is 2.57 bits per heavy atom. The van der Waals surface area contributed by atoms with Crippen molar-refractivity contribution in [3.05, 3.63) is 0 Å². The normalized spacial score (nSPS) is 30.3. The van der Waals surface area contributed by atoms with Gasteiger partial charge >= 0.3 is 0 Å². The topological polar surface area (TPSA) is 40.5 Å². The minimum atomic E-state index is -0.174. The van der Waals surface area contributed by atoms with E-state index in [0.717, 1.165) is 5.06 Å². The standard InChI is InChI=1S/C4H7NO2/c1-3-2-4(6)5(3)7/h3,7H,2H2,1H3. The van der Waals surface area contributed by atoms with E-state index in [0.29, 0.717) is 6.42 Å². The van der Waals surface area contributed by atoms with Crippen LogP contribution in [0.25, 0.3) is 0 Å². The molecule has 0 saturated carbocycles. The molecule has 40 valence electrons. The van der Waals surface area contributed by atoms with Gasteiger partial charge in [-0.2, -0.15) is 0 Å². The SMILES string of the molecule is CC1CC(=O)N1O. The van der Waals surface area contributed by atoms with Crippen LogP contribution >= 0.6 is 0 Å². The lowest BCUT2D eigenvalue weighted by Gasteiger charge is -2.31. The fraction of sp³-hybridized carbons (Fsp3) is 0.750. The van der Waals surface area contributed by atoms with Crippen molar-refractivity contribution < 1.29 is 10.0 Å². The van der Waals surface area contributed by atoms with E-state index in [1.165, 1.54) is 0 Å². The summed E-state index contributed by atoms with van der Waals surface area (Å²) < 4.78 is 0. The maximum Gasteiger partial charge on any atom is 0.248 e. The van der Waals surface area contributed by atoms with E-state index in [4.69, 9.17) is 5.21 Å². The minimum Gasteiger partial charge on any atom is -0.286 e. The molecular formula is C4H7NO2. The van der Waals surface area contributed by atoms with Crippen molar-refractivity contribution in [3.8, 4) is 0 Å². The molecule has 0 radical (unpaired) electrons. The zero-order valence-corrected chi connectivity index (χ0v) is 4.09. The lowest BCUT2D eigenvalue weighted by Crippen LogP contribution is -2.48. The van der Waals surface area contributed by atoms with Crippen LogP contribution in [0.3, 0.4) is 0 Å². The molecular weight excluding hydrogens is 94.0 g/mol. The Kier molecular flexibility index (Phi) is 0.785. The molecule has 1 saturated heterocycles. The number of hydrogen-bond donors (Lipinski definition) is 1. The molecule has 0 aliphatic carbocycles. The zero-order chi connectivity index (χ0) is 5.44. The van der Waals surface area contributed by atoms with Crippen molar-refractivity contribution in [2.24, 2.45) is 0 Å². The predicted octanol–water partition coefficient (Wildman–Crippen LogP) is -0.00360. The van der Waals surface area contributed by atoms with Crippen LogP contribution in [0.4, 0.5) is 0 Å². The summed E-state index contributed by atoms with van der Waals surface area (Å²) in [4.78, 5) is 10.1. The van der Waals surface area contributed by atoms with Crippen molar-refractivity contribution in [3.63, 3.8) is 0 Å². The van der Waals surface area contributed by atoms with Crippen molar-refractivity contribution in [1.29, 1.82) is 0 Å². The Morgan fingerprint density at radius 2 is 2.57 bits per heavy atom. The molecule has 0 spiro atoms. The van der Waals surface area contributed by atoms with Gasteiger partial charge in [-0.15, -0.1) is 0 Å². The Labute approximate surface area is 41.5 Å². The van der Waals surface area contributed by atoms with E-state index in [1.54, 1.807) is 6.92 Å². The van der Waals surface area contributed by atoms with Gasteiger partial charge in [0.05, 0.1) is 12.5 Å². The highest BCUT2D eigenvalue weighted by Crippen LogP contribution is 2.13. The monoisotopic (exact) mass is 101 g/mol. The molecule has 0 bridgehead atoms. The Balaban J connectivity index is 2.43. The summed E-state index contributed by atoms with van der Waals surface area (Å²) in [6.07, 6.45) is 0.497. The first-order valence-electron chi connectivity index (χ1n) is 2.23. The lowest BCUT2D eigenvalue weighted by atomic mass is 10.1. The largest absolute Gasteiger partial charge is 0.286 e. The van der Waals surface area contributed by atoms with Gasteiger partial charge in [-0.25, -0.2) is 5.06 Å². The molecule has 1 atom stereocenters. The second-order valence-corrected chi connectivity index (χ2v) is 1.79. The molecule has 3 nitrogen and oxygen atoms in total. The summed E-state index contributed by atoms with van der Waals surface area (Å²) in [5.74, 6) is -0.174. The number of amides is 1. The Morgan fingerprint density at radius 1 is 2.00 bits per heavy atom. The molecule has 0 aromatic carbocycles. The van der Waals surface area contributed by atoms with Gasteiger partial charge in [-0.05, 0) is 6.92 Å². The third kappa shape index (κ3) is 0.489. The molecule has 0 aromatic heterocycles. The van der Waals surface area contributed by atoms with Crippen LogP contribution in [-0.4, -0.2) is 22.2 Å². The molecule has 1 aliphatic heterocycles. The molecule has 0 aromatic rings. The molecule has 1 unspecified atom stereocenters. The van der Waals surface area contributed by atoms with Crippen LogP contribution in [0.15, 0.2) is 0 Å². The maximum absolute atomic E-state index is 10.1. The van der Waals surface area contributed by atoms with E-state index in [2.05, 4.69) is 0 Å². The number of carbonyl (C=O) groups excluding carboxylic acids is 1. The highest BCUT2D eigenvalue weighted by Gasteiger charge is 2.30. The van der Waals surface area contributed by atoms with Crippen LogP contribution in [0.1, 0.15) is 13.3 Å². The summed E-state index contributed by atoms with van der Waals surface area (Å²) in [7, 11) is 0. The number of β-lactam (4-membered cyclic amide) rings is 1. The first kappa shape index (κ1) is 4.59. The predicted molar refractivity (Wildman–Crippen MR) is 22.7 cm³/mol. The quantitative estimate of drug-likeness (QED) is 0.344. The molecule has 1 amide bonds. The minimum absolute atomic E-state index is 0.0486. The first-order chi connectivity index (χ1) is 3.22. The second kappa shape index (κ2) is 1.20. The van der Waals surface area contributed by atoms with Gasteiger partial charge in [0.1, 0.15) is 0 Å². The van der Waals surface area contributed by atoms with Gasteiger partial charge < -0.3 is 0 Å². The maximum atomic E-state index is 10.1. The van der Waals surface area contributed by atoms with Crippen molar-refractivity contribution in [2.45, 2.75) is 19.4 Å². The lowest BCUT2D eigenvalue weighted by molar-refractivity contribution is -0.199. The summed E-state index contributed by atoms with van der Waals surface area (Å²) in [5, 5.41) is 9.22. The molecule has 1 heterocycles. The van der Waals surface area contributed by atoms with Gasteiger partial charge in [0.2, 0.25) is 5.91 Å². The Bertz CT molecular complexity index is 102. The number of hydrogen-bond acceptors (Lipinski definition) is 2. The summed E-state index contributed by atoms with van der Waals surface area (Å²) in [6, 6.07) is 0.0486. The molecule has 3 heteroatoms. The molecule has 1 aliphatic rings. The molecule has 1 fully saturated rings. The van der Waals surface area contributed by atoms with Gasteiger partial charge in [-0.3, -0.25) is 10.0 Å². The highest BCUT2D eigenvalue weighted by molar-refractivity contribution is 5.81. The van der Waals surface area contributed by atoms with Crippen LogP contribution in [0.2, 0.25) is 0 Å². The van der Waals surface area contributed by atoms with Crippen LogP contribution < -0.4 is 0 Å². The van der Waals surface area contributed by atoms with E-state index in [9.17, 15) is 4.79 Å². The van der Waals surface area contributed by atoms with Crippen LogP contribution in [0, 0.1) is 0 Å². The van der Waals surface area contributed by atoms with Gasteiger partial charge in [0.15, 0.2) is 0 Å². The number of nitrogens with zero attached hydrogens (tertiary/aromatic N) is 1. The number of carbonyl (C=O) groups is 1. The molecule has 7 heavy (non-hydrogen) atoms. The average molecular weight is 101 g/mol. The third-order valence-electron chi connectivity index (χ3n) is 1.14. The summed E-state index contributed by atoms with van der Waals surface area (Å²) >= 11 is 0. The first-order valence-corrected chi connectivity index (χ1v) is 2.23. The van der Waals surface area contributed by atoms with Gasteiger partial charge in [0, 0.05) is 0 Å². The van der Waals surface area contributed by atoms with Crippen LogP contribution in [-0.2, 0) is 4.79 Å². The van der Waals surface area contributed by atoms with Crippen molar-refractivity contribution in [1.82, 2.24) is 5.06 Å². The van der Waals surface area contributed by atoms with Crippen molar-refractivity contribution >= 4 is 5.91 Å². The fourth-order valence-corrected chi connectivity index (χ4v) is 0.566. The summed E-state index contributed by atoms with van der Waals surface area (Å²) in [6.45, 7) is 1.79. The fourth-order valence-electron chi connectivity index (χ4n) is 0.566.